The topological polar surface area (TPSA) is 84.5 Å². The Labute approximate surface area is 158 Å². The maximum absolute atomic E-state index is 12.5. The minimum Gasteiger partial charge on any atom is -0.358 e. The van der Waals surface area contributed by atoms with E-state index in [2.05, 4.69) is 35.1 Å². The minimum atomic E-state index is -0.515. The van der Waals surface area contributed by atoms with Gasteiger partial charge in [-0.25, -0.2) is 0 Å². The number of nitro groups is 1. The van der Waals surface area contributed by atoms with E-state index in [1.54, 1.807) is 6.92 Å². The zero-order chi connectivity index (χ0) is 19.4. The highest BCUT2D eigenvalue weighted by molar-refractivity contribution is 5.76. The van der Waals surface area contributed by atoms with Gasteiger partial charge >= 0.3 is 5.82 Å². The molecule has 8 nitrogen and oxygen atoms in total. The van der Waals surface area contributed by atoms with Crippen molar-refractivity contribution in [3.05, 3.63) is 57.3 Å². The summed E-state index contributed by atoms with van der Waals surface area (Å²) in [5, 5.41) is 14.7. The van der Waals surface area contributed by atoms with Crippen LogP contribution in [0.25, 0.3) is 0 Å². The van der Waals surface area contributed by atoms with Gasteiger partial charge in [-0.05, 0) is 29.9 Å². The molecule has 1 aromatic carbocycles. The number of piperazine rings is 1. The number of carbonyl (C=O) groups excluding carboxylic acids is 1. The Bertz CT molecular complexity index is 825. The Balaban J connectivity index is 1.47. The number of rotatable bonds is 6. The smallest absolute Gasteiger partial charge is 0.358 e. The standard InChI is InChI=1S/C19H25N5O3/c1-15-5-3-4-6-17(15)14-21-9-11-22(12-10-21)19(25)7-8-23-16(2)13-18(20-23)24(26)27/h3-6,13H,7-12,14H2,1-2H3. The average molecular weight is 371 g/mol. The van der Waals surface area contributed by atoms with E-state index in [4.69, 9.17) is 0 Å². The second kappa shape index (κ2) is 8.30. The van der Waals surface area contributed by atoms with Crippen LogP contribution in [0.15, 0.2) is 30.3 Å². The molecular weight excluding hydrogens is 346 g/mol. The van der Waals surface area contributed by atoms with Gasteiger partial charge in [0.2, 0.25) is 5.91 Å². The van der Waals surface area contributed by atoms with Crippen LogP contribution in [-0.2, 0) is 17.9 Å². The second-order valence-corrected chi connectivity index (χ2v) is 6.96. The molecule has 0 atom stereocenters. The molecule has 0 aliphatic carbocycles. The first kappa shape index (κ1) is 19.0. The van der Waals surface area contributed by atoms with E-state index in [9.17, 15) is 14.9 Å². The molecule has 1 aliphatic rings. The summed E-state index contributed by atoms with van der Waals surface area (Å²) in [6, 6.07) is 9.80. The Hall–Kier alpha value is -2.74. The molecule has 0 bridgehead atoms. The molecule has 1 amide bonds. The summed E-state index contributed by atoms with van der Waals surface area (Å²) in [6.07, 6.45) is 0.303. The van der Waals surface area contributed by atoms with E-state index in [-0.39, 0.29) is 11.7 Å². The molecule has 144 valence electrons. The number of nitrogens with zero attached hydrogens (tertiary/aromatic N) is 5. The number of hydrogen-bond acceptors (Lipinski definition) is 5. The Morgan fingerprint density at radius 2 is 1.89 bits per heavy atom. The summed E-state index contributed by atoms with van der Waals surface area (Å²) in [7, 11) is 0. The van der Waals surface area contributed by atoms with Crippen LogP contribution in [0.5, 0.6) is 0 Å². The van der Waals surface area contributed by atoms with Gasteiger partial charge in [-0.15, -0.1) is 0 Å². The fourth-order valence-corrected chi connectivity index (χ4v) is 3.35. The SMILES string of the molecule is Cc1ccccc1CN1CCN(C(=O)CCn2nc([N+](=O)[O-])cc2C)CC1. The molecule has 0 saturated carbocycles. The number of benzene rings is 1. The maximum atomic E-state index is 12.5. The van der Waals surface area contributed by atoms with Crippen LogP contribution < -0.4 is 0 Å². The van der Waals surface area contributed by atoms with Crippen LogP contribution in [0.3, 0.4) is 0 Å². The van der Waals surface area contributed by atoms with Gasteiger partial charge in [-0.1, -0.05) is 24.3 Å². The van der Waals surface area contributed by atoms with Crippen molar-refractivity contribution in [3.63, 3.8) is 0 Å². The third-order valence-corrected chi connectivity index (χ3v) is 5.07. The van der Waals surface area contributed by atoms with E-state index in [1.807, 2.05) is 11.0 Å². The molecule has 2 heterocycles. The number of aromatic nitrogens is 2. The lowest BCUT2D eigenvalue weighted by Crippen LogP contribution is -2.48. The molecule has 3 rings (SSSR count). The van der Waals surface area contributed by atoms with Crippen molar-refractivity contribution in [2.75, 3.05) is 26.2 Å². The zero-order valence-electron chi connectivity index (χ0n) is 15.8. The fraction of sp³-hybridized carbons (Fsp3) is 0.474. The first-order valence-corrected chi connectivity index (χ1v) is 9.17. The lowest BCUT2D eigenvalue weighted by molar-refractivity contribution is -0.389. The summed E-state index contributed by atoms with van der Waals surface area (Å²) >= 11 is 0. The van der Waals surface area contributed by atoms with Crippen molar-refractivity contribution >= 4 is 11.7 Å². The zero-order valence-corrected chi connectivity index (χ0v) is 15.8. The highest BCUT2D eigenvalue weighted by Gasteiger charge is 2.22. The second-order valence-electron chi connectivity index (χ2n) is 6.96. The van der Waals surface area contributed by atoms with Crippen LogP contribution in [0, 0.1) is 24.0 Å². The summed E-state index contributed by atoms with van der Waals surface area (Å²) in [5.41, 5.74) is 3.31. The van der Waals surface area contributed by atoms with Crippen molar-refractivity contribution in [3.8, 4) is 0 Å². The van der Waals surface area contributed by atoms with Crippen LogP contribution in [0.4, 0.5) is 5.82 Å². The third-order valence-electron chi connectivity index (χ3n) is 5.07. The highest BCUT2D eigenvalue weighted by Crippen LogP contribution is 2.14. The van der Waals surface area contributed by atoms with Gasteiger partial charge < -0.3 is 15.0 Å². The van der Waals surface area contributed by atoms with Gasteiger partial charge in [0, 0.05) is 39.1 Å². The summed E-state index contributed by atoms with van der Waals surface area (Å²) in [4.78, 5) is 27.0. The molecule has 1 aliphatic heterocycles. The Kier molecular flexibility index (Phi) is 5.85. The highest BCUT2D eigenvalue weighted by atomic mass is 16.6. The fourth-order valence-electron chi connectivity index (χ4n) is 3.35. The van der Waals surface area contributed by atoms with Crippen LogP contribution in [0.2, 0.25) is 0 Å². The van der Waals surface area contributed by atoms with Gasteiger partial charge in [0.05, 0.1) is 23.4 Å². The van der Waals surface area contributed by atoms with E-state index in [0.29, 0.717) is 31.7 Å². The van der Waals surface area contributed by atoms with Crippen molar-refractivity contribution in [2.45, 2.75) is 33.4 Å². The van der Waals surface area contributed by atoms with Gasteiger partial charge in [0.25, 0.3) is 0 Å². The lowest BCUT2D eigenvalue weighted by Gasteiger charge is -2.35. The molecule has 27 heavy (non-hydrogen) atoms. The average Bonchev–Trinajstić information content (AvgIpc) is 3.03. The molecule has 0 N–H and O–H groups in total. The number of hydrogen-bond donors (Lipinski definition) is 0. The van der Waals surface area contributed by atoms with Crippen LogP contribution in [-0.4, -0.2) is 56.6 Å². The first-order valence-electron chi connectivity index (χ1n) is 9.17. The van der Waals surface area contributed by atoms with Gasteiger partial charge in [-0.3, -0.25) is 9.69 Å². The maximum Gasteiger partial charge on any atom is 0.390 e. The Morgan fingerprint density at radius 3 is 2.52 bits per heavy atom. The molecule has 0 unspecified atom stereocenters. The van der Waals surface area contributed by atoms with Crippen LogP contribution >= 0.6 is 0 Å². The van der Waals surface area contributed by atoms with Crippen molar-refractivity contribution in [2.24, 2.45) is 0 Å². The van der Waals surface area contributed by atoms with Gasteiger partial charge in [0.1, 0.15) is 0 Å². The van der Waals surface area contributed by atoms with Gasteiger partial charge in [-0.2, -0.15) is 4.68 Å². The largest absolute Gasteiger partial charge is 0.390 e. The van der Waals surface area contributed by atoms with Crippen molar-refractivity contribution in [1.82, 2.24) is 19.6 Å². The predicted octanol–water partition coefficient (Wildman–Crippen LogP) is 2.14. The van der Waals surface area contributed by atoms with E-state index in [0.717, 1.165) is 19.6 Å². The molecule has 1 aromatic heterocycles. The van der Waals surface area contributed by atoms with E-state index < -0.39 is 4.92 Å². The van der Waals surface area contributed by atoms with Crippen molar-refractivity contribution in [1.29, 1.82) is 0 Å². The lowest BCUT2D eigenvalue weighted by atomic mass is 10.1. The molecule has 2 aromatic rings. The third kappa shape index (κ3) is 4.71. The predicted molar refractivity (Wildman–Crippen MR) is 101 cm³/mol. The summed E-state index contributed by atoms with van der Waals surface area (Å²) < 4.78 is 1.53. The molecule has 0 spiro atoms. The number of carbonyl (C=O) groups is 1. The number of aryl methyl sites for hydroxylation is 3. The van der Waals surface area contributed by atoms with Crippen molar-refractivity contribution < 1.29 is 9.72 Å². The molecule has 8 heteroatoms. The molecular formula is C19H25N5O3. The monoisotopic (exact) mass is 371 g/mol. The first-order chi connectivity index (χ1) is 12.9. The number of amides is 1. The molecule has 1 saturated heterocycles. The van der Waals surface area contributed by atoms with Crippen LogP contribution in [0.1, 0.15) is 23.2 Å². The quantitative estimate of drug-likeness (QED) is 0.574. The normalized spacial score (nSPS) is 15.1. The van der Waals surface area contributed by atoms with Gasteiger partial charge in [0.15, 0.2) is 0 Å². The van der Waals surface area contributed by atoms with E-state index >= 15 is 0 Å². The van der Waals surface area contributed by atoms with E-state index in [1.165, 1.54) is 21.9 Å². The minimum absolute atomic E-state index is 0.0723. The molecule has 1 fully saturated rings. The summed E-state index contributed by atoms with van der Waals surface area (Å²) in [6.45, 7) is 8.28. The summed E-state index contributed by atoms with van der Waals surface area (Å²) in [5.74, 6) is -0.104. The molecule has 0 radical (unpaired) electrons. The Morgan fingerprint density at radius 1 is 1.19 bits per heavy atom.